The number of rotatable bonds is 4. The van der Waals surface area contributed by atoms with Crippen LogP contribution in [0.4, 0.5) is 0 Å². The van der Waals surface area contributed by atoms with E-state index in [0.717, 1.165) is 17.0 Å². The Morgan fingerprint density at radius 3 is 2.50 bits per heavy atom. The molecule has 7 nitrogen and oxygen atoms in total. The van der Waals surface area contributed by atoms with Crippen molar-refractivity contribution in [2.45, 2.75) is 26.3 Å². The van der Waals surface area contributed by atoms with E-state index in [9.17, 15) is 14.7 Å². The second-order valence-electron chi connectivity index (χ2n) is 6.37. The lowest BCUT2D eigenvalue weighted by molar-refractivity contribution is -0.128. The maximum Gasteiger partial charge on any atom is 0.254 e. The number of aliphatic hydroxyl groups is 1. The number of hydrogen-bond acceptors (Lipinski definition) is 5. The molecule has 2 amide bonds. The van der Waals surface area contributed by atoms with Crippen molar-refractivity contribution in [3.63, 3.8) is 0 Å². The molecule has 1 aliphatic heterocycles. The Morgan fingerprint density at radius 1 is 1.23 bits per heavy atom. The predicted octanol–water partition coefficient (Wildman–Crippen LogP) is 1.08. The van der Waals surface area contributed by atoms with E-state index in [-0.39, 0.29) is 24.8 Å². The van der Waals surface area contributed by atoms with Gasteiger partial charge >= 0.3 is 0 Å². The van der Waals surface area contributed by atoms with Crippen LogP contribution in [-0.4, -0.2) is 57.5 Å². The van der Waals surface area contributed by atoms with Crippen molar-refractivity contribution in [1.82, 2.24) is 20.2 Å². The maximum absolute atomic E-state index is 12.8. The molecule has 1 atom stereocenters. The van der Waals surface area contributed by atoms with Gasteiger partial charge in [0, 0.05) is 42.2 Å². The van der Waals surface area contributed by atoms with Gasteiger partial charge in [0.05, 0.1) is 0 Å². The first-order valence-electron chi connectivity index (χ1n) is 8.62. The third kappa shape index (κ3) is 3.72. The molecule has 0 spiro atoms. The summed E-state index contributed by atoms with van der Waals surface area (Å²) < 4.78 is 0. The Balaban J connectivity index is 1.83. The fourth-order valence-electron chi connectivity index (χ4n) is 3.15. The van der Waals surface area contributed by atoms with E-state index in [1.54, 1.807) is 12.1 Å². The van der Waals surface area contributed by atoms with Gasteiger partial charge in [-0.25, -0.2) is 9.97 Å². The molecule has 2 heterocycles. The Hall–Kier alpha value is -2.80. The number of hydrogen-bond donors (Lipinski definition) is 2. The van der Waals surface area contributed by atoms with E-state index in [2.05, 4.69) is 15.3 Å². The van der Waals surface area contributed by atoms with Gasteiger partial charge in [0.1, 0.15) is 6.04 Å². The number of benzene rings is 1. The molecule has 26 heavy (non-hydrogen) atoms. The lowest BCUT2D eigenvalue weighted by atomic mass is 10.1. The second-order valence-corrected chi connectivity index (χ2v) is 6.37. The Bertz CT molecular complexity index is 800. The van der Waals surface area contributed by atoms with Crippen molar-refractivity contribution in [3.05, 3.63) is 47.3 Å². The van der Waals surface area contributed by atoms with Gasteiger partial charge in [-0.1, -0.05) is 12.1 Å². The quantitative estimate of drug-likeness (QED) is 0.857. The largest absolute Gasteiger partial charge is 0.396 e. The van der Waals surface area contributed by atoms with Crippen molar-refractivity contribution < 1.29 is 14.7 Å². The summed E-state index contributed by atoms with van der Waals surface area (Å²) >= 11 is 0. The van der Waals surface area contributed by atoms with Crippen molar-refractivity contribution in [1.29, 1.82) is 0 Å². The maximum atomic E-state index is 12.8. The first-order chi connectivity index (χ1) is 12.5. The number of nitrogens with one attached hydrogen (secondary N) is 1. The third-order valence-electron chi connectivity index (χ3n) is 4.37. The smallest absolute Gasteiger partial charge is 0.254 e. The number of carbonyl (C=O) groups is 2. The molecule has 2 N–H and O–H groups in total. The van der Waals surface area contributed by atoms with Crippen molar-refractivity contribution >= 4 is 11.8 Å². The minimum absolute atomic E-state index is 0.148. The van der Waals surface area contributed by atoms with Crippen LogP contribution in [0.5, 0.6) is 0 Å². The molecule has 1 unspecified atom stereocenters. The molecule has 1 aliphatic rings. The summed E-state index contributed by atoms with van der Waals surface area (Å²) in [7, 11) is 0. The second kappa shape index (κ2) is 7.61. The lowest BCUT2D eigenvalue weighted by Crippen LogP contribution is -2.57. The summed E-state index contributed by atoms with van der Waals surface area (Å²) in [6.45, 7) is 4.53. The third-order valence-corrected chi connectivity index (χ3v) is 4.37. The first kappa shape index (κ1) is 18.0. The highest BCUT2D eigenvalue weighted by Crippen LogP contribution is 2.19. The molecule has 1 aromatic heterocycles. The molecule has 0 bridgehead atoms. The normalized spacial score (nSPS) is 17.1. The highest BCUT2D eigenvalue weighted by molar-refractivity contribution is 5.98. The lowest BCUT2D eigenvalue weighted by Gasteiger charge is -2.34. The molecule has 0 aliphatic carbocycles. The molecule has 1 fully saturated rings. The molecular weight excluding hydrogens is 332 g/mol. The zero-order chi connectivity index (χ0) is 18.7. The molecule has 2 aromatic rings. The average Bonchev–Trinajstić information content (AvgIpc) is 2.62. The molecule has 1 aromatic carbocycles. The summed E-state index contributed by atoms with van der Waals surface area (Å²) in [4.78, 5) is 35.2. The van der Waals surface area contributed by atoms with Gasteiger partial charge in [-0.3, -0.25) is 9.59 Å². The highest BCUT2D eigenvalue weighted by atomic mass is 16.3. The van der Waals surface area contributed by atoms with E-state index in [0.29, 0.717) is 24.5 Å². The van der Waals surface area contributed by atoms with E-state index in [1.807, 2.05) is 32.0 Å². The van der Waals surface area contributed by atoms with Crippen LogP contribution in [0, 0.1) is 13.8 Å². The standard InChI is InChI=1S/C19H22N4O3/c1-12-11-13(2)22-17(21-12)14-3-5-15(6-4-14)19(26)23-9-8-20-18(25)16(23)7-10-24/h3-6,11,16,24H,7-10H2,1-2H3,(H,20,25). The fraction of sp³-hybridized carbons (Fsp3) is 0.368. The van der Waals surface area contributed by atoms with Gasteiger partial charge in [0.15, 0.2) is 5.82 Å². The van der Waals surface area contributed by atoms with Crippen LogP contribution >= 0.6 is 0 Å². The highest BCUT2D eigenvalue weighted by Gasteiger charge is 2.32. The van der Waals surface area contributed by atoms with Crippen LogP contribution in [0.1, 0.15) is 28.2 Å². The number of piperazine rings is 1. The number of aromatic nitrogens is 2. The zero-order valence-corrected chi connectivity index (χ0v) is 14.9. The monoisotopic (exact) mass is 354 g/mol. The zero-order valence-electron chi connectivity index (χ0n) is 14.9. The number of aryl methyl sites for hydroxylation is 2. The van der Waals surface area contributed by atoms with Crippen LogP contribution in [0.3, 0.4) is 0 Å². The van der Waals surface area contributed by atoms with Crippen molar-refractivity contribution in [2.24, 2.45) is 0 Å². The summed E-state index contributed by atoms with van der Waals surface area (Å²) in [5.41, 5.74) is 3.10. The molecule has 136 valence electrons. The molecule has 1 saturated heterocycles. The Morgan fingerprint density at radius 2 is 1.88 bits per heavy atom. The number of aliphatic hydroxyl groups excluding tert-OH is 1. The molecular formula is C19H22N4O3. The average molecular weight is 354 g/mol. The van der Waals surface area contributed by atoms with Gasteiger partial charge in [-0.05, 0) is 38.5 Å². The van der Waals surface area contributed by atoms with E-state index < -0.39 is 6.04 Å². The van der Waals surface area contributed by atoms with Gasteiger partial charge in [-0.2, -0.15) is 0 Å². The summed E-state index contributed by atoms with van der Waals surface area (Å²) in [6, 6.07) is 8.34. The molecule has 0 saturated carbocycles. The Labute approximate surface area is 152 Å². The van der Waals surface area contributed by atoms with E-state index in [4.69, 9.17) is 0 Å². The number of amides is 2. The fourth-order valence-corrected chi connectivity index (χ4v) is 3.15. The van der Waals surface area contributed by atoms with Gasteiger partial charge in [-0.15, -0.1) is 0 Å². The van der Waals surface area contributed by atoms with Gasteiger partial charge in [0.25, 0.3) is 5.91 Å². The molecule has 7 heteroatoms. The van der Waals surface area contributed by atoms with Crippen molar-refractivity contribution in [3.8, 4) is 11.4 Å². The van der Waals surface area contributed by atoms with Crippen LogP contribution in [0.15, 0.2) is 30.3 Å². The SMILES string of the molecule is Cc1cc(C)nc(-c2ccc(C(=O)N3CCNC(=O)C3CCO)cc2)n1. The number of nitrogens with zero attached hydrogens (tertiary/aromatic N) is 3. The number of carbonyl (C=O) groups excluding carboxylic acids is 2. The topological polar surface area (TPSA) is 95.4 Å². The van der Waals surface area contributed by atoms with E-state index in [1.165, 1.54) is 4.90 Å². The van der Waals surface area contributed by atoms with E-state index >= 15 is 0 Å². The summed E-state index contributed by atoms with van der Waals surface area (Å²) in [6.07, 6.45) is 0.228. The van der Waals surface area contributed by atoms with Gasteiger partial charge in [0.2, 0.25) is 5.91 Å². The van der Waals surface area contributed by atoms with Crippen LogP contribution in [-0.2, 0) is 4.79 Å². The van der Waals surface area contributed by atoms with Crippen LogP contribution < -0.4 is 5.32 Å². The molecule has 0 radical (unpaired) electrons. The summed E-state index contributed by atoms with van der Waals surface area (Å²) in [5, 5.41) is 11.9. The van der Waals surface area contributed by atoms with Crippen LogP contribution in [0.25, 0.3) is 11.4 Å². The minimum Gasteiger partial charge on any atom is -0.396 e. The summed E-state index contributed by atoms with van der Waals surface area (Å²) in [5.74, 6) is 0.183. The predicted molar refractivity (Wildman–Crippen MR) is 96.5 cm³/mol. The minimum atomic E-state index is -0.635. The van der Waals surface area contributed by atoms with Crippen LogP contribution in [0.2, 0.25) is 0 Å². The van der Waals surface area contributed by atoms with Crippen molar-refractivity contribution in [2.75, 3.05) is 19.7 Å². The molecule has 3 rings (SSSR count). The first-order valence-corrected chi connectivity index (χ1v) is 8.62. The Kier molecular flexibility index (Phi) is 5.27. The van der Waals surface area contributed by atoms with Gasteiger partial charge < -0.3 is 15.3 Å².